The number of amides is 1. The normalized spacial score (nSPS) is 9.89. The van der Waals surface area contributed by atoms with E-state index < -0.39 is 5.97 Å². The number of aliphatic carboxylic acids is 1. The summed E-state index contributed by atoms with van der Waals surface area (Å²) in [5, 5.41) is 8.47. The van der Waals surface area contributed by atoms with Crippen molar-refractivity contribution in [3.63, 3.8) is 0 Å². The Morgan fingerprint density at radius 1 is 1.28 bits per heavy atom. The summed E-state index contributed by atoms with van der Waals surface area (Å²) in [5.41, 5.74) is 0.760. The molecule has 18 heavy (non-hydrogen) atoms. The first-order valence-electron chi connectivity index (χ1n) is 5.75. The molecule has 1 N–H and O–H groups in total. The van der Waals surface area contributed by atoms with Crippen LogP contribution in [0.25, 0.3) is 0 Å². The Bertz CT molecular complexity index is 414. The van der Waals surface area contributed by atoms with Crippen LogP contribution in [0.5, 0.6) is 5.75 Å². The molecule has 1 aromatic carbocycles. The lowest BCUT2D eigenvalue weighted by molar-refractivity contribution is -0.139. The molecule has 1 amide bonds. The zero-order chi connectivity index (χ0) is 13.5. The number of hydrogen-bond donors (Lipinski definition) is 1. The molecule has 0 spiro atoms. The zero-order valence-corrected chi connectivity index (χ0v) is 10.5. The second-order valence-corrected chi connectivity index (χ2v) is 3.88. The molecule has 0 fully saturated rings. The molecule has 5 heteroatoms. The van der Waals surface area contributed by atoms with Gasteiger partial charge < -0.3 is 14.7 Å². The highest BCUT2D eigenvalue weighted by atomic mass is 16.5. The Kier molecular flexibility index (Phi) is 5.17. The second-order valence-electron chi connectivity index (χ2n) is 3.88. The number of carbonyl (C=O) groups is 2. The number of carbonyl (C=O) groups excluding carboxylic acids is 1. The maximum Gasteiger partial charge on any atom is 0.341 e. The fraction of sp³-hybridized carbons (Fsp3) is 0.385. The standard InChI is InChI=1S/C13H17NO4/c1-3-4-12(15)14(2)10-5-7-11(8-6-10)18-9-13(16)17/h5-8H,3-4,9H2,1-2H3,(H,16,17). The highest BCUT2D eigenvalue weighted by Crippen LogP contribution is 2.19. The Balaban J connectivity index is 2.64. The van der Waals surface area contributed by atoms with E-state index in [0.29, 0.717) is 12.2 Å². The van der Waals surface area contributed by atoms with Crippen molar-refractivity contribution in [1.29, 1.82) is 0 Å². The van der Waals surface area contributed by atoms with E-state index in [1.807, 2.05) is 6.92 Å². The molecule has 0 aliphatic carbocycles. The monoisotopic (exact) mass is 251 g/mol. The minimum absolute atomic E-state index is 0.0525. The van der Waals surface area contributed by atoms with E-state index >= 15 is 0 Å². The van der Waals surface area contributed by atoms with Crippen LogP contribution in [-0.2, 0) is 9.59 Å². The Hall–Kier alpha value is -2.04. The van der Waals surface area contributed by atoms with Gasteiger partial charge in [-0.05, 0) is 30.7 Å². The number of ether oxygens (including phenoxy) is 1. The first-order chi connectivity index (χ1) is 8.54. The largest absolute Gasteiger partial charge is 0.482 e. The quantitative estimate of drug-likeness (QED) is 0.838. The second kappa shape index (κ2) is 6.64. The summed E-state index contributed by atoms with van der Waals surface area (Å²) in [5.74, 6) is -0.497. The minimum atomic E-state index is -1.02. The predicted octanol–water partition coefficient (Wildman–Crippen LogP) is 1.91. The number of benzene rings is 1. The molecule has 5 nitrogen and oxygen atoms in total. The number of rotatable bonds is 6. The molecule has 98 valence electrons. The van der Waals surface area contributed by atoms with Gasteiger partial charge in [-0.25, -0.2) is 4.79 Å². The molecular weight excluding hydrogens is 234 g/mol. The molecule has 0 radical (unpaired) electrons. The van der Waals surface area contributed by atoms with Gasteiger partial charge in [0.1, 0.15) is 5.75 Å². The van der Waals surface area contributed by atoms with Gasteiger partial charge in [-0.2, -0.15) is 0 Å². The fourth-order valence-electron chi connectivity index (χ4n) is 1.44. The molecule has 0 aliphatic heterocycles. The van der Waals surface area contributed by atoms with Gasteiger partial charge in [0.2, 0.25) is 5.91 Å². The van der Waals surface area contributed by atoms with Crippen molar-refractivity contribution >= 4 is 17.6 Å². The smallest absolute Gasteiger partial charge is 0.341 e. The summed E-state index contributed by atoms with van der Waals surface area (Å²) in [7, 11) is 1.71. The molecule has 0 saturated heterocycles. The molecule has 0 unspecified atom stereocenters. The molecule has 1 aromatic rings. The summed E-state index contributed by atoms with van der Waals surface area (Å²) < 4.78 is 5.01. The van der Waals surface area contributed by atoms with Gasteiger partial charge in [0.25, 0.3) is 0 Å². The lowest BCUT2D eigenvalue weighted by atomic mass is 10.2. The van der Waals surface area contributed by atoms with Crippen LogP contribution in [0, 0.1) is 0 Å². The van der Waals surface area contributed by atoms with Crippen molar-refractivity contribution in [2.45, 2.75) is 19.8 Å². The van der Waals surface area contributed by atoms with Crippen LogP contribution < -0.4 is 9.64 Å². The first-order valence-corrected chi connectivity index (χ1v) is 5.75. The molecule has 0 atom stereocenters. The molecule has 0 aromatic heterocycles. The highest BCUT2D eigenvalue weighted by molar-refractivity contribution is 5.92. The maximum absolute atomic E-state index is 11.7. The maximum atomic E-state index is 11.7. The summed E-state index contributed by atoms with van der Waals surface area (Å²) in [4.78, 5) is 23.6. The van der Waals surface area contributed by atoms with Crippen LogP contribution in [0.3, 0.4) is 0 Å². The molecule has 0 heterocycles. The number of anilines is 1. The van der Waals surface area contributed by atoms with Crippen molar-refractivity contribution in [2.24, 2.45) is 0 Å². The van der Waals surface area contributed by atoms with Crippen molar-refractivity contribution in [1.82, 2.24) is 0 Å². The average molecular weight is 251 g/mol. The highest BCUT2D eigenvalue weighted by Gasteiger charge is 2.09. The van der Waals surface area contributed by atoms with E-state index in [2.05, 4.69) is 0 Å². The van der Waals surface area contributed by atoms with Gasteiger partial charge in [0.15, 0.2) is 6.61 Å². The summed E-state index contributed by atoms with van der Waals surface area (Å²) in [6, 6.07) is 6.75. The fourth-order valence-corrected chi connectivity index (χ4v) is 1.44. The van der Waals surface area contributed by atoms with Crippen molar-refractivity contribution < 1.29 is 19.4 Å². The van der Waals surface area contributed by atoms with Crippen LogP contribution in [0.2, 0.25) is 0 Å². The SMILES string of the molecule is CCCC(=O)N(C)c1ccc(OCC(=O)O)cc1. The number of nitrogens with zero attached hydrogens (tertiary/aromatic N) is 1. The number of hydrogen-bond acceptors (Lipinski definition) is 3. The van der Waals surface area contributed by atoms with Crippen molar-refractivity contribution in [3.05, 3.63) is 24.3 Å². The van der Waals surface area contributed by atoms with Gasteiger partial charge in [-0.15, -0.1) is 0 Å². The van der Waals surface area contributed by atoms with Gasteiger partial charge in [-0.3, -0.25) is 4.79 Å². The molecule has 0 aliphatic rings. The van der Waals surface area contributed by atoms with Gasteiger partial charge in [0.05, 0.1) is 0 Å². The molecule has 0 saturated carbocycles. The first kappa shape index (κ1) is 14.0. The Labute approximate surface area is 106 Å². The number of carboxylic acids is 1. The number of carboxylic acid groups (broad SMARTS) is 1. The van der Waals surface area contributed by atoms with E-state index in [0.717, 1.165) is 12.1 Å². The van der Waals surface area contributed by atoms with E-state index in [1.54, 1.807) is 36.2 Å². The summed E-state index contributed by atoms with van der Waals surface area (Å²) in [6.07, 6.45) is 1.32. The third-order valence-corrected chi connectivity index (χ3v) is 2.42. The van der Waals surface area contributed by atoms with E-state index in [1.165, 1.54) is 0 Å². The van der Waals surface area contributed by atoms with Gasteiger partial charge >= 0.3 is 5.97 Å². The summed E-state index contributed by atoms with van der Waals surface area (Å²) >= 11 is 0. The topological polar surface area (TPSA) is 66.8 Å². The van der Waals surface area contributed by atoms with E-state index in [9.17, 15) is 9.59 Å². The average Bonchev–Trinajstić information content (AvgIpc) is 2.36. The van der Waals surface area contributed by atoms with Crippen LogP contribution in [-0.4, -0.2) is 30.6 Å². The van der Waals surface area contributed by atoms with Crippen LogP contribution >= 0.6 is 0 Å². The lowest BCUT2D eigenvalue weighted by Gasteiger charge is -2.17. The Morgan fingerprint density at radius 3 is 2.39 bits per heavy atom. The predicted molar refractivity (Wildman–Crippen MR) is 67.9 cm³/mol. The molecule has 0 bridgehead atoms. The van der Waals surface area contributed by atoms with Crippen LogP contribution in [0.4, 0.5) is 5.69 Å². The third kappa shape index (κ3) is 4.08. The van der Waals surface area contributed by atoms with Gasteiger partial charge in [0, 0.05) is 19.2 Å². The molecular formula is C13H17NO4. The van der Waals surface area contributed by atoms with Gasteiger partial charge in [-0.1, -0.05) is 6.92 Å². The Morgan fingerprint density at radius 2 is 1.89 bits per heavy atom. The van der Waals surface area contributed by atoms with Crippen LogP contribution in [0.1, 0.15) is 19.8 Å². The zero-order valence-electron chi connectivity index (χ0n) is 10.5. The van der Waals surface area contributed by atoms with E-state index in [-0.39, 0.29) is 12.5 Å². The van der Waals surface area contributed by atoms with Crippen LogP contribution in [0.15, 0.2) is 24.3 Å². The van der Waals surface area contributed by atoms with E-state index in [4.69, 9.17) is 9.84 Å². The minimum Gasteiger partial charge on any atom is -0.482 e. The summed E-state index contributed by atoms with van der Waals surface area (Å²) in [6.45, 7) is 1.58. The van der Waals surface area contributed by atoms with Crippen molar-refractivity contribution in [2.75, 3.05) is 18.6 Å². The third-order valence-electron chi connectivity index (χ3n) is 2.42. The van der Waals surface area contributed by atoms with Crippen molar-refractivity contribution in [3.8, 4) is 5.75 Å². The lowest BCUT2D eigenvalue weighted by Crippen LogP contribution is -2.25. The molecule has 1 rings (SSSR count).